The van der Waals surface area contributed by atoms with Gasteiger partial charge in [-0.05, 0) is 29.4 Å². The third kappa shape index (κ3) is 3.72. The number of nitro groups is 1. The van der Waals surface area contributed by atoms with E-state index in [2.05, 4.69) is 20.3 Å². The van der Waals surface area contributed by atoms with E-state index in [1.807, 2.05) is 0 Å². The first-order valence-corrected chi connectivity index (χ1v) is 6.27. The maximum Gasteiger partial charge on any atom is 0.300 e. The van der Waals surface area contributed by atoms with Gasteiger partial charge in [-0.3, -0.25) is 10.1 Å². The SMILES string of the molecule is C[C@H](CNc1ccc(Cl)cc1[N+](=O)[O-])Oc1nonc1N. The van der Waals surface area contributed by atoms with Gasteiger partial charge in [0.1, 0.15) is 11.8 Å². The van der Waals surface area contributed by atoms with E-state index in [9.17, 15) is 10.1 Å². The van der Waals surface area contributed by atoms with Gasteiger partial charge in [-0.25, -0.2) is 4.63 Å². The van der Waals surface area contributed by atoms with Crippen LogP contribution in [-0.2, 0) is 0 Å². The minimum absolute atomic E-state index is 0.0410. The fourth-order valence-electron chi connectivity index (χ4n) is 1.56. The van der Waals surface area contributed by atoms with Crippen molar-refractivity contribution in [1.82, 2.24) is 10.3 Å². The average molecular weight is 314 g/mol. The lowest BCUT2D eigenvalue weighted by molar-refractivity contribution is -0.383. The minimum Gasteiger partial charge on any atom is -0.468 e. The highest BCUT2D eigenvalue weighted by Crippen LogP contribution is 2.27. The Morgan fingerprint density at radius 1 is 1.57 bits per heavy atom. The van der Waals surface area contributed by atoms with Crippen molar-refractivity contribution in [3.05, 3.63) is 33.3 Å². The molecule has 2 rings (SSSR count). The van der Waals surface area contributed by atoms with Gasteiger partial charge in [0, 0.05) is 11.1 Å². The number of nitrogens with two attached hydrogens (primary N) is 1. The van der Waals surface area contributed by atoms with Crippen LogP contribution in [0.15, 0.2) is 22.8 Å². The van der Waals surface area contributed by atoms with Crippen LogP contribution in [0.5, 0.6) is 5.88 Å². The largest absolute Gasteiger partial charge is 0.468 e. The molecule has 10 heteroatoms. The number of nitrogens with zero attached hydrogens (tertiary/aromatic N) is 3. The van der Waals surface area contributed by atoms with Crippen molar-refractivity contribution in [2.45, 2.75) is 13.0 Å². The quantitative estimate of drug-likeness (QED) is 0.612. The van der Waals surface area contributed by atoms with E-state index in [-0.39, 0.29) is 35.1 Å². The highest BCUT2D eigenvalue weighted by atomic mass is 35.5. The summed E-state index contributed by atoms with van der Waals surface area (Å²) >= 11 is 5.74. The third-order valence-corrected chi connectivity index (χ3v) is 2.77. The van der Waals surface area contributed by atoms with E-state index in [0.717, 1.165) is 0 Å². The van der Waals surface area contributed by atoms with Crippen LogP contribution in [0, 0.1) is 10.1 Å². The monoisotopic (exact) mass is 313 g/mol. The fourth-order valence-corrected chi connectivity index (χ4v) is 1.73. The number of nitrogens with one attached hydrogen (secondary N) is 1. The highest BCUT2D eigenvalue weighted by molar-refractivity contribution is 6.30. The van der Waals surface area contributed by atoms with Crippen molar-refractivity contribution in [3.8, 4) is 5.88 Å². The highest BCUT2D eigenvalue weighted by Gasteiger charge is 2.16. The first-order valence-electron chi connectivity index (χ1n) is 5.90. The molecular weight excluding hydrogens is 302 g/mol. The van der Waals surface area contributed by atoms with Crippen molar-refractivity contribution in [2.75, 3.05) is 17.6 Å². The molecule has 21 heavy (non-hydrogen) atoms. The molecule has 9 nitrogen and oxygen atoms in total. The fraction of sp³-hybridized carbons (Fsp3) is 0.273. The van der Waals surface area contributed by atoms with Crippen molar-refractivity contribution in [2.24, 2.45) is 0 Å². The van der Waals surface area contributed by atoms with E-state index >= 15 is 0 Å². The number of rotatable bonds is 6. The maximum absolute atomic E-state index is 10.9. The summed E-state index contributed by atoms with van der Waals surface area (Å²) in [5.74, 6) is 0.120. The summed E-state index contributed by atoms with van der Waals surface area (Å²) in [7, 11) is 0. The van der Waals surface area contributed by atoms with Gasteiger partial charge in [-0.2, -0.15) is 0 Å². The molecule has 0 saturated heterocycles. The van der Waals surface area contributed by atoms with E-state index in [4.69, 9.17) is 22.1 Å². The molecule has 1 heterocycles. The van der Waals surface area contributed by atoms with Gasteiger partial charge in [0.25, 0.3) is 5.69 Å². The molecule has 112 valence electrons. The van der Waals surface area contributed by atoms with Gasteiger partial charge in [-0.1, -0.05) is 11.6 Å². The Bertz CT molecular complexity index is 647. The zero-order valence-corrected chi connectivity index (χ0v) is 11.7. The van der Waals surface area contributed by atoms with Gasteiger partial charge in [-0.15, -0.1) is 0 Å². The number of hydrogen-bond acceptors (Lipinski definition) is 8. The number of aromatic nitrogens is 2. The first kappa shape index (κ1) is 14.9. The maximum atomic E-state index is 10.9. The van der Waals surface area contributed by atoms with E-state index in [0.29, 0.717) is 5.69 Å². The van der Waals surface area contributed by atoms with Gasteiger partial charge in [0.05, 0.1) is 11.5 Å². The van der Waals surface area contributed by atoms with Crippen LogP contribution in [0.2, 0.25) is 5.02 Å². The van der Waals surface area contributed by atoms with Gasteiger partial charge in [0.2, 0.25) is 5.82 Å². The zero-order chi connectivity index (χ0) is 15.4. The molecule has 0 unspecified atom stereocenters. The Balaban J connectivity index is 2.00. The molecule has 0 aliphatic carbocycles. The Labute approximate surface area is 124 Å². The third-order valence-electron chi connectivity index (χ3n) is 2.53. The van der Waals surface area contributed by atoms with E-state index < -0.39 is 4.92 Å². The first-order chi connectivity index (χ1) is 9.97. The second-order valence-electron chi connectivity index (χ2n) is 4.18. The summed E-state index contributed by atoms with van der Waals surface area (Å²) < 4.78 is 9.78. The molecule has 0 fully saturated rings. The summed E-state index contributed by atoms with van der Waals surface area (Å²) in [4.78, 5) is 10.4. The van der Waals surface area contributed by atoms with Crippen LogP contribution in [0.25, 0.3) is 0 Å². The normalized spacial score (nSPS) is 11.9. The Hall–Kier alpha value is -2.55. The van der Waals surface area contributed by atoms with Crippen molar-refractivity contribution in [1.29, 1.82) is 0 Å². The average Bonchev–Trinajstić information content (AvgIpc) is 2.82. The smallest absolute Gasteiger partial charge is 0.300 e. The van der Waals surface area contributed by atoms with Crippen molar-refractivity contribution in [3.63, 3.8) is 0 Å². The van der Waals surface area contributed by atoms with E-state index in [1.165, 1.54) is 12.1 Å². The molecule has 1 atom stereocenters. The van der Waals surface area contributed by atoms with Crippen molar-refractivity contribution >= 4 is 28.8 Å². The topological polar surface area (TPSA) is 129 Å². The number of halogens is 1. The molecule has 0 bridgehead atoms. The molecule has 2 aromatic rings. The predicted molar refractivity (Wildman–Crippen MR) is 75.4 cm³/mol. The van der Waals surface area contributed by atoms with Crippen LogP contribution >= 0.6 is 11.6 Å². The lowest BCUT2D eigenvalue weighted by Gasteiger charge is -2.14. The number of nitro benzene ring substituents is 1. The molecule has 1 aromatic carbocycles. The molecule has 0 saturated carbocycles. The summed E-state index contributed by atoms with van der Waals surface area (Å²) in [5, 5.41) is 21.0. The number of ether oxygens (including phenoxy) is 1. The molecule has 3 N–H and O–H groups in total. The van der Waals surface area contributed by atoms with Gasteiger partial charge in [0.15, 0.2) is 0 Å². The molecule has 1 aromatic heterocycles. The number of anilines is 2. The van der Waals surface area contributed by atoms with Crippen LogP contribution < -0.4 is 15.8 Å². The van der Waals surface area contributed by atoms with Crippen LogP contribution in [0.1, 0.15) is 6.92 Å². The number of hydrogen-bond donors (Lipinski definition) is 2. The van der Waals surface area contributed by atoms with Gasteiger partial charge < -0.3 is 15.8 Å². The zero-order valence-electron chi connectivity index (χ0n) is 10.9. The summed E-state index contributed by atoms with van der Waals surface area (Å²) in [6.07, 6.45) is -0.366. The number of nitrogen functional groups attached to an aromatic ring is 1. The molecule has 0 aliphatic rings. The number of benzene rings is 1. The van der Waals surface area contributed by atoms with Gasteiger partial charge >= 0.3 is 5.88 Å². The van der Waals surface area contributed by atoms with Crippen LogP contribution in [-0.4, -0.2) is 27.9 Å². The standard InChI is InChI=1S/C11H12ClN5O4/c1-6(20-11-10(13)15-21-16-11)5-14-8-3-2-7(12)4-9(8)17(18)19/h2-4,6,14H,5H2,1H3,(H2,13,15)/t6-/m1/s1. The van der Waals surface area contributed by atoms with Crippen molar-refractivity contribution < 1.29 is 14.3 Å². The molecular formula is C11H12ClN5O4. The lowest BCUT2D eigenvalue weighted by atomic mass is 10.2. The Morgan fingerprint density at radius 2 is 2.33 bits per heavy atom. The molecule has 0 radical (unpaired) electrons. The summed E-state index contributed by atoms with van der Waals surface area (Å²) in [6, 6.07) is 4.36. The van der Waals surface area contributed by atoms with E-state index in [1.54, 1.807) is 13.0 Å². The Kier molecular flexibility index (Phi) is 4.43. The summed E-state index contributed by atoms with van der Waals surface area (Å²) in [6.45, 7) is 2.03. The van der Waals surface area contributed by atoms with Crippen LogP contribution in [0.3, 0.4) is 0 Å². The minimum atomic E-state index is -0.515. The van der Waals surface area contributed by atoms with Crippen LogP contribution in [0.4, 0.5) is 17.2 Å². The second kappa shape index (κ2) is 6.27. The lowest BCUT2D eigenvalue weighted by Crippen LogP contribution is -2.23. The summed E-state index contributed by atoms with van der Waals surface area (Å²) in [5.41, 5.74) is 5.69. The molecule has 0 aliphatic heterocycles. The molecule has 0 spiro atoms. The second-order valence-corrected chi connectivity index (χ2v) is 4.62. The predicted octanol–water partition coefficient (Wildman–Crippen LogP) is 2.09. The Morgan fingerprint density at radius 3 is 2.95 bits per heavy atom. The molecule has 0 amide bonds.